The van der Waals surface area contributed by atoms with Gasteiger partial charge in [0, 0.05) is 57.5 Å². The number of hydrogen-bond donors (Lipinski definition) is 9. The Hall–Kier alpha value is -4.89. The molecule has 8 amide bonds. The molecule has 342 valence electrons. The number of Topliss-reactive ketones (excluding diaryl/α,β-unsaturated/α-hetero) is 1. The first-order valence-corrected chi connectivity index (χ1v) is 20.8. The highest BCUT2D eigenvalue weighted by atomic mass is 16.5. The first kappa shape index (κ1) is 53.1. The number of primary amides is 1. The van der Waals surface area contributed by atoms with E-state index in [0.29, 0.717) is 71.3 Å². The minimum atomic E-state index is -1.28. The van der Waals surface area contributed by atoms with Crippen LogP contribution in [-0.4, -0.2) is 154 Å². The summed E-state index contributed by atoms with van der Waals surface area (Å²) >= 11 is 0. The van der Waals surface area contributed by atoms with Crippen molar-refractivity contribution in [2.75, 3.05) is 66.2 Å². The number of hydrogen-bond acceptors (Lipinski definition) is 12. The quantitative estimate of drug-likeness (QED) is 0.0366. The van der Waals surface area contributed by atoms with Gasteiger partial charge < -0.3 is 62.4 Å². The average Bonchev–Trinajstić information content (AvgIpc) is 3.18. The molecular weight excluding hydrogens is 786 g/mol. The first-order chi connectivity index (χ1) is 28.4. The number of nitrogens with one attached hydrogen (secondary N) is 7. The lowest BCUT2D eigenvalue weighted by molar-refractivity contribution is -0.141. The van der Waals surface area contributed by atoms with Crippen molar-refractivity contribution in [2.24, 2.45) is 17.6 Å². The van der Waals surface area contributed by atoms with Gasteiger partial charge in [0.15, 0.2) is 5.78 Å². The third kappa shape index (κ3) is 23.6. The zero-order valence-corrected chi connectivity index (χ0v) is 35.9. The van der Waals surface area contributed by atoms with Crippen LogP contribution in [0, 0.1) is 11.8 Å². The molecule has 0 saturated carbocycles. The van der Waals surface area contributed by atoms with Crippen molar-refractivity contribution >= 4 is 53.2 Å². The molecule has 1 aliphatic heterocycles. The van der Waals surface area contributed by atoms with E-state index in [-0.39, 0.29) is 81.1 Å². The number of carboxylic acid groups (broad SMARTS) is 1. The highest BCUT2D eigenvalue weighted by Crippen LogP contribution is 2.19. The molecule has 60 heavy (non-hydrogen) atoms. The Balaban J connectivity index is 2.39. The predicted molar refractivity (Wildman–Crippen MR) is 219 cm³/mol. The Morgan fingerprint density at radius 3 is 2.02 bits per heavy atom. The third-order valence-electron chi connectivity index (χ3n) is 9.71. The zero-order chi connectivity index (χ0) is 45.0. The van der Waals surface area contributed by atoms with Gasteiger partial charge in [-0.15, -0.1) is 0 Å². The number of nitrogens with zero attached hydrogens (tertiary/aromatic N) is 1. The molecule has 1 heterocycles. The van der Waals surface area contributed by atoms with E-state index in [9.17, 15) is 48.3 Å². The summed E-state index contributed by atoms with van der Waals surface area (Å²) in [4.78, 5) is 113. The van der Waals surface area contributed by atoms with Gasteiger partial charge in [-0.05, 0) is 71.8 Å². The van der Waals surface area contributed by atoms with Crippen LogP contribution >= 0.6 is 0 Å². The number of amides is 8. The van der Waals surface area contributed by atoms with Crippen LogP contribution < -0.4 is 43.0 Å². The summed E-state index contributed by atoms with van der Waals surface area (Å²) < 4.78 is 10.5. The van der Waals surface area contributed by atoms with Crippen LogP contribution in [0.4, 0.5) is 4.79 Å². The molecule has 0 spiro atoms. The Kier molecular flexibility index (Phi) is 26.7. The van der Waals surface area contributed by atoms with Crippen LogP contribution in [0.15, 0.2) is 0 Å². The molecule has 1 aliphatic rings. The number of ketones is 1. The van der Waals surface area contributed by atoms with Gasteiger partial charge in [-0.1, -0.05) is 13.8 Å². The Morgan fingerprint density at radius 1 is 0.733 bits per heavy atom. The van der Waals surface area contributed by atoms with Gasteiger partial charge >= 0.3 is 12.0 Å². The monoisotopic (exact) mass is 856 g/mol. The van der Waals surface area contributed by atoms with E-state index in [1.165, 1.54) is 6.92 Å². The van der Waals surface area contributed by atoms with Crippen LogP contribution in [0.1, 0.15) is 91.9 Å². The summed E-state index contributed by atoms with van der Waals surface area (Å²) in [6.45, 7) is 9.22. The molecule has 4 atom stereocenters. The Labute approximate surface area is 352 Å². The molecule has 1 fully saturated rings. The van der Waals surface area contributed by atoms with E-state index in [1.807, 2.05) is 0 Å². The molecule has 0 aromatic carbocycles. The van der Waals surface area contributed by atoms with E-state index in [2.05, 4.69) is 37.2 Å². The zero-order valence-electron chi connectivity index (χ0n) is 35.9. The highest BCUT2D eigenvalue weighted by molar-refractivity contribution is 5.93. The van der Waals surface area contributed by atoms with Crippen molar-refractivity contribution in [1.29, 1.82) is 0 Å². The number of urea groups is 1. The number of likely N-dealkylation sites (tertiary alicyclic amines) is 1. The lowest BCUT2D eigenvalue weighted by atomic mass is 9.95. The van der Waals surface area contributed by atoms with Crippen molar-refractivity contribution in [3.05, 3.63) is 0 Å². The maximum Gasteiger partial charge on any atom is 0.312 e. The van der Waals surface area contributed by atoms with E-state index in [1.54, 1.807) is 32.7 Å². The molecule has 0 aromatic heterocycles. The van der Waals surface area contributed by atoms with Crippen molar-refractivity contribution in [3.63, 3.8) is 0 Å². The molecule has 0 bridgehead atoms. The summed E-state index contributed by atoms with van der Waals surface area (Å²) in [6.07, 6.45) is 2.62. The van der Waals surface area contributed by atoms with Crippen molar-refractivity contribution in [2.45, 2.75) is 116 Å². The van der Waals surface area contributed by atoms with Gasteiger partial charge in [-0.3, -0.25) is 38.4 Å². The lowest BCUT2D eigenvalue weighted by Gasteiger charge is -2.31. The Morgan fingerprint density at radius 2 is 1.40 bits per heavy atom. The second kappa shape index (κ2) is 30.2. The van der Waals surface area contributed by atoms with Gasteiger partial charge in [0.2, 0.25) is 35.4 Å². The van der Waals surface area contributed by atoms with Gasteiger partial charge in [0.1, 0.15) is 18.7 Å². The average molecular weight is 856 g/mol. The Bertz CT molecular complexity index is 1410. The maximum absolute atomic E-state index is 13.0. The molecule has 21 heteroatoms. The number of rotatable bonds is 31. The standard InChI is InChI=1S/C39H69N9O12/c1-25(2)35(38(57)46-29(27(4)49)10-8-16-43-39(40)58)47-31(50)11-12-33(52)48-18-13-28(14-19-48)36(55)42-15-7-6-9-26(3)44-37(56)30(23-34(53)54)45-32(51)24-60-22-21-59-20-17-41-5/h25-26,28-30,35,41H,6-24H2,1-5H3,(H,42,55)(H,44,56)(H,45,51)(H,46,57)(H,47,50)(H,53,54)(H3,40,43,58)/t26-,29-,30-,35-/m1/s1. The van der Waals surface area contributed by atoms with Gasteiger partial charge in [0.05, 0.1) is 32.3 Å². The normalized spacial score (nSPS) is 14.9. The molecule has 0 aromatic rings. The summed E-state index contributed by atoms with van der Waals surface area (Å²) in [5.74, 6) is -4.72. The lowest BCUT2D eigenvalue weighted by Crippen LogP contribution is -2.53. The molecule has 0 unspecified atom stereocenters. The maximum atomic E-state index is 13.0. The molecule has 0 aliphatic carbocycles. The van der Waals surface area contributed by atoms with E-state index >= 15 is 0 Å². The smallest absolute Gasteiger partial charge is 0.312 e. The summed E-state index contributed by atoms with van der Waals surface area (Å²) in [7, 11) is 1.79. The summed E-state index contributed by atoms with van der Waals surface area (Å²) in [5, 5.41) is 28.0. The van der Waals surface area contributed by atoms with Gasteiger partial charge in [-0.2, -0.15) is 0 Å². The number of piperidine rings is 1. The molecule has 21 nitrogen and oxygen atoms in total. The van der Waals surface area contributed by atoms with Crippen molar-refractivity contribution in [1.82, 2.24) is 42.1 Å². The van der Waals surface area contributed by atoms with Crippen LogP contribution in [0.5, 0.6) is 0 Å². The number of nitrogens with two attached hydrogens (primary N) is 1. The molecule has 0 radical (unpaired) electrons. The molecule has 1 saturated heterocycles. The molecule has 1 rings (SSSR count). The predicted octanol–water partition coefficient (Wildman–Crippen LogP) is -1.33. The largest absolute Gasteiger partial charge is 0.481 e. The van der Waals surface area contributed by atoms with Crippen LogP contribution in [-0.2, 0) is 47.8 Å². The minimum absolute atomic E-state index is 0.0746. The highest BCUT2D eigenvalue weighted by Gasteiger charge is 2.30. The fourth-order valence-electron chi connectivity index (χ4n) is 6.23. The number of carbonyl (C=O) groups excluding carboxylic acids is 8. The number of aliphatic carboxylic acids is 1. The minimum Gasteiger partial charge on any atom is -0.481 e. The first-order valence-electron chi connectivity index (χ1n) is 20.8. The number of likely N-dealkylation sites (N-methyl/N-ethyl adjacent to an activating group) is 1. The molecule has 10 N–H and O–H groups in total. The fourth-order valence-corrected chi connectivity index (χ4v) is 6.23. The van der Waals surface area contributed by atoms with Crippen LogP contribution in [0.25, 0.3) is 0 Å². The van der Waals surface area contributed by atoms with Crippen molar-refractivity contribution in [3.8, 4) is 0 Å². The van der Waals surface area contributed by atoms with E-state index < -0.39 is 60.2 Å². The second-order valence-electron chi connectivity index (χ2n) is 15.2. The van der Waals surface area contributed by atoms with E-state index in [0.717, 1.165) is 0 Å². The van der Waals surface area contributed by atoms with Gasteiger partial charge in [-0.25, -0.2) is 4.79 Å². The number of carboxylic acids is 1. The molecular formula is C39H69N9O12. The SMILES string of the molecule is CNCCOCCOCC(=O)N[C@H](CC(=O)O)C(=O)N[C@H](C)CCCCNC(=O)C1CCN(C(=O)CCC(=O)N[C@@H](C(=O)N[C@H](CCCNC(N)=O)C(C)=O)C(C)C)CC1. The second-order valence-corrected chi connectivity index (χ2v) is 15.2. The van der Waals surface area contributed by atoms with Crippen molar-refractivity contribution < 1.29 is 57.7 Å². The number of ether oxygens (including phenoxy) is 2. The summed E-state index contributed by atoms with van der Waals surface area (Å²) in [5.41, 5.74) is 5.05. The fraction of sp³-hybridized carbons (Fsp3) is 0.769. The van der Waals surface area contributed by atoms with Crippen LogP contribution in [0.3, 0.4) is 0 Å². The number of carbonyl (C=O) groups is 9. The van der Waals surface area contributed by atoms with Crippen LogP contribution in [0.2, 0.25) is 0 Å². The topological polar surface area (TPSA) is 306 Å². The summed E-state index contributed by atoms with van der Waals surface area (Å²) in [6, 6.07) is -4.03. The third-order valence-corrected chi connectivity index (χ3v) is 9.71. The van der Waals surface area contributed by atoms with E-state index in [4.69, 9.17) is 15.2 Å². The van der Waals surface area contributed by atoms with Gasteiger partial charge in [0.25, 0.3) is 0 Å². The number of unbranched alkanes of at least 4 members (excludes halogenated alkanes) is 1.